The number of nitrogens with one attached hydrogen (secondary N) is 1. The molecule has 1 aliphatic rings. The maximum atomic E-state index is 13.0. The average Bonchev–Trinajstić information content (AvgIpc) is 2.68. The van der Waals surface area contributed by atoms with E-state index < -0.39 is 11.8 Å². The van der Waals surface area contributed by atoms with E-state index in [9.17, 15) is 14.0 Å². The summed E-state index contributed by atoms with van der Waals surface area (Å²) in [6.45, 7) is 4.90. The maximum absolute atomic E-state index is 13.0. The number of nitrogens with two attached hydrogens (primary N) is 1. The van der Waals surface area contributed by atoms with Gasteiger partial charge < -0.3 is 9.64 Å². The third-order valence-electron chi connectivity index (χ3n) is 5.11. The lowest BCUT2D eigenvalue weighted by atomic mass is 10.0. The Labute approximate surface area is 169 Å². The van der Waals surface area contributed by atoms with Gasteiger partial charge in [0, 0.05) is 37.2 Å². The molecule has 0 aromatic heterocycles. The van der Waals surface area contributed by atoms with Gasteiger partial charge in [0.05, 0.1) is 0 Å². The quantitative estimate of drug-likeness (QED) is 0.759. The van der Waals surface area contributed by atoms with E-state index in [1.54, 1.807) is 4.90 Å². The second kappa shape index (κ2) is 8.61. The summed E-state index contributed by atoms with van der Waals surface area (Å²) in [5.74, 6) is -0.174. The Morgan fingerprint density at radius 3 is 2.21 bits per heavy atom. The fourth-order valence-electron chi connectivity index (χ4n) is 3.24. The van der Waals surface area contributed by atoms with Gasteiger partial charge in [-0.15, -0.1) is 0 Å². The van der Waals surface area contributed by atoms with E-state index >= 15 is 0 Å². The number of rotatable bonds is 4. The number of halogens is 1. The van der Waals surface area contributed by atoms with Crippen molar-refractivity contribution in [3.63, 3.8) is 0 Å². The van der Waals surface area contributed by atoms with Crippen LogP contribution in [0.15, 0.2) is 48.5 Å². The van der Waals surface area contributed by atoms with E-state index in [1.165, 1.54) is 29.8 Å². The molecule has 154 valence electrons. The van der Waals surface area contributed by atoms with Gasteiger partial charge in [-0.3, -0.25) is 15.8 Å². The molecule has 0 radical (unpaired) electrons. The largest absolute Gasteiger partial charge is 0.428 e. The van der Waals surface area contributed by atoms with Crippen LogP contribution in [0.3, 0.4) is 0 Å². The van der Waals surface area contributed by atoms with E-state index in [1.807, 2.05) is 24.3 Å². The maximum Gasteiger partial charge on any atom is 0.413 e. The van der Waals surface area contributed by atoms with Crippen molar-refractivity contribution in [2.45, 2.75) is 38.3 Å². The highest BCUT2D eigenvalue weighted by Crippen LogP contribution is 2.24. The highest BCUT2D eigenvalue weighted by molar-refractivity contribution is 5.94. The van der Waals surface area contributed by atoms with Crippen LogP contribution in [-0.2, 0) is 4.74 Å². The highest BCUT2D eigenvalue weighted by Gasteiger charge is 2.36. The first-order valence-electron chi connectivity index (χ1n) is 9.69. The molecule has 0 aliphatic carbocycles. The SMILES string of the molecule is CC(C)c1ccc(NC(=O)OC2(N)CCN(C(=O)c3ccc(F)cc3)CC2)cc1. The van der Waals surface area contributed by atoms with Crippen LogP contribution in [0, 0.1) is 5.82 Å². The van der Waals surface area contributed by atoms with Gasteiger partial charge in [0.1, 0.15) is 5.82 Å². The van der Waals surface area contributed by atoms with Crippen LogP contribution in [-0.4, -0.2) is 35.7 Å². The zero-order chi connectivity index (χ0) is 21.0. The van der Waals surface area contributed by atoms with Gasteiger partial charge in [-0.2, -0.15) is 0 Å². The molecular weight excluding hydrogens is 373 g/mol. The Morgan fingerprint density at radius 1 is 1.07 bits per heavy atom. The summed E-state index contributed by atoms with van der Waals surface area (Å²) in [5, 5.41) is 2.69. The Balaban J connectivity index is 1.52. The van der Waals surface area contributed by atoms with Gasteiger partial charge in [0.15, 0.2) is 5.72 Å². The number of anilines is 1. The Kier molecular flexibility index (Phi) is 6.17. The number of carbonyl (C=O) groups is 2. The minimum atomic E-state index is -1.14. The fourth-order valence-corrected chi connectivity index (χ4v) is 3.24. The first-order valence-corrected chi connectivity index (χ1v) is 9.69. The molecule has 0 bridgehead atoms. The molecule has 2 amide bonds. The number of likely N-dealkylation sites (tertiary alicyclic amines) is 1. The zero-order valence-electron chi connectivity index (χ0n) is 16.7. The summed E-state index contributed by atoms with van der Waals surface area (Å²) in [6, 6.07) is 13.0. The molecule has 3 N–H and O–H groups in total. The van der Waals surface area contributed by atoms with E-state index in [4.69, 9.17) is 10.5 Å². The van der Waals surface area contributed by atoms with Crippen molar-refractivity contribution < 1.29 is 18.7 Å². The van der Waals surface area contributed by atoms with Crippen LogP contribution in [0.2, 0.25) is 0 Å². The van der Waals surface area contributed by atoms with Crippen molar-refractivity contribution in [1.29, 1.82) is 0 Å². The molecule has 6 nitrogen and oxygen atoms in total. The van der Waals surface area contributed by atoms with Crippen molar-refractivity contribution in [2.24, 2.45) is 5.73 Å². The minimum Gasteiger partial charge on any atom is -0.428 e. The smallest absolute Gasteiger partial charge is 0.413 e. The lowest BCUT2D eigenvalue weighted by Gasteiger charge is -2.38. The molecule has 2 aromatic carbocycles. The number of amides is 2. The molecule has 1 saturated heterocycles. The van der Waals surface area contributed by atoms with Gasteiger partial charge in [-0.25, -0.2) is 9.18 Å². The van der Waals surface area contributed by atoms with Gasteiger partial charge in [0.2, 0.25) is 0 Å². The molecule has 7 heteroatoms. The summed E-state index contributed by atoms with van der Waals surface area (Å²) >= 11 is 0. The van der Waals surface area contributed by atoms with Crippen molar-refractivity contribution >= 4 is 17.7 Å². The van der Waals surface area contributed by atoms with Crippen molar-refractivity contribution in [2.75, 3.05) is 18.4 Å². The van der Waals surface area contributed by atoms with Crippen molar-refractivity contribution in [1.82, 2.24) is 4.90 Å². The molecule has 0 saturated carbocycles. The molecule has 0 unspecified atom stereocenters. The summed E-state index contributed by atoms with van der Waals surface area (Å²) in [6.07, 6.45) is 0.0161. The normalized spacial score (nSPS) is 15.8. The van der Waals surface area contributed by atoms with Crippen LogP contribution >= 0.6 is 0 Å². The number of carbonyl (C=O) groups excluding carboxylic acids is 2. The lowest BCUT2D eigenvalue weighted by Crippen LogP contribution is -2.54. The monoisotopic (exact) mass is 399 g/mol. The lowest BCUT2D eigenvalue weighted by molar-refractivity contribution is -0.0211. The van der Waals surface area contributed by atoms with E-state index in [0.717, 1.165) is 0 Å². The van der Waals surface area contributed by atoms with E-state index in [2.05, 4.69) is 19.2 Å². The molecule has 0 spiro atoms. The number of piperidine rings is 1. The van der Waals surface area contributed by atoms with E-state index in [-0.39, 0.29) is 11.7 Å². The summed E-state index contributed by atoms with van der Waals surface area (Å²) in [7, 11) is 0. The van der Waals surface area contributed by atoms with Crippen LogP contribution in [0.25, 0.3) is 0 Å². The van der Waals surface area contributed by atoms with Crippen LogP contribution < -0.4 is 11.1 Å². The topological polar surface area (TPSA) is 84.7 Å². The number of nitrogens with zero attached hydrogens (tertiary/aromatic N) is 1. The first kappa shape index (κ1) is 20.8. The predicted octanol–water partition coefficient (Wildman–Crippen LogP) is 4.09. The summed E-state index contributed by atoms with van der Waals surface area (Å²) in [4.78, 5) is 26.4. The van der Waals surface area contributed by atoms with Gasteiger partial charge in [-0.05, 0) is 47.9 Å². The van der Waals surface area contributed by atoms with Gasteiger partial charge in [-0.1, -0.05) is 26.0 Å². The second-order valence-corrected chi connectivity index (χ2v) is 7.66. The van der Waals surface area contributed by atoms with Gasteiger partial charge in [0.25, 0.3) is 5.91 Å². The summed E-state index contributed by atoms with van der Waals surface area (Å²) < 4.78 is 18.5. The minimum absolute atomic E-state index is 0.193. The standard InChI is InChI=1S/C22H26FN3O3/c1-15(2)16-5-9-19(10-6-16)25-21(28)29-22(24)11-13-26(14-12-22)20(27)17-3-7-18(23)8-4-17/h3-10,15H,11-14,24H2,1-2H3,(H,25,28). The molecular formula is C22H26FN3O3. The molecule has 1 aliphatic heterocycles. The third-order valence-corrected chi connectivity index (χ3v) is 5.11. The number of benzene rings is 2. The third kappa shape index (κ3) is 5.32. The highest BCUT2D eigenvalue weighted by atomic mass is 19.1. The van der Waals surface area contributed by atoms with Crippen LogP contribution in [0.1, 0.15) is 48.5 Å². The average molecular weight is 399 g/mol. The molecule has 2 aromatic rings. The molecule has 29 heavy (non-hydrogen) atoms. The number of ether oxygens (including phenoxy) is 1. The Morgan fingerprint density at radius 2 is 1.66 bits per heavy atom. The van der Waals surface area contributed by atoms with Gasteiger partial charge >= 0.3 is 6.09 Å². The van der Waals surface area contributed by atoms with Crippen LogP contribution in [0.4, 0.5) is 14.9 Å². The molecule has 1 fully saturated rings. The predicted molar refractivity (Wildman–Crippen MR) is 109 cm³/mol. The zero-order valence-corrected chi connectivity index (χ0v) is 16.7. The van der Waals surface area contributed by atoms with Crippen molar-refractivity contribution in [3.8, 4) is 0 Å². The molecule has 3 rings (SSSR count). The Hall–Kier alpha value is -2.93. The molecule has 1 heterocycles. The number of hydrogen-bond acceptors (Lipinski definition) is 4. The number of hydrogen-bond donors (Lipinski definition) is 2. The fraction of sp³-hybridized carbons (Fsp3) is 0.364. The Bertz CT molecular complexity index is 858. The second-order valence-electron chi connectivity index (χ2n) is 7.66. The van der Waals surface area contributed by atoms with Crippen molar-refractivity contribution in [3.05, 3.63) is 65.5 Å². The van der Waals surface area contributed by atoms with E-state index in [0.29, 0.717) is 43.1 Å². The molecule has 0 atom stereocenters. The summed E-state index contributed by atoms with van der Waals surface area (Å²) in [5.41, 5.74) is 7.32. The van der Waals surface area contributed by atoms with Crippen LogP contribution in [0.5, 0.6) is 0 Å². The first-order chi connectivity index (χ1) is 13.8.